The van der Waals surface area contributed by atoms with E-state index in [4.69, 9.17) is 20.8 Å². The highest BCUT2D eigenvalue weighted by molar-refractivity contribution is 7.16. The summed E-state index contributed by atoms with van der Waals surface area (Å²) in [5, 5.41) is 10.2. The number of aliphatic carboxylic acids is 1. The van der Waals surface area contributed by atoms with Crippen molar-refractivity contribution in [1.29, 1.82) is 0 Å². The Morgan fingerprint density at radius 3 is 2.37 bits per heavy atom. The Hall–Kier alpha value is -3.09. The lowest BCUT2D eigenvalue weighted by atomic mass is 10.0. The van der Waals surface area contributed by atoms with Gasteiger partial charge in [-0.2, -0.15) is 0 Å². The predicted molar refractivity (Wildman–Crippen MR) is 118 cm³/mol. The summed E-state index contributed by atoms with van der Waals surface area (Å²) < 4.78 is 11.4. The first-order valence-electron chi connectivity index (χ1n) is 9.26. The summed E-state index contributed by atoms with van der Waals surface area (Å²) in [6.07, 6.45) is -0.154. The van der Waals surface area contributed by atoms with E-state index in [1.165, 1.54) is 0 Å². The molecule has 0 amide bonds. The van der Waals surface area contributed by atoms with Gasteiger partial charge in [-0.3, -0.25) is 0 Å². The van der Waals surface area contributed by atoms with Crippen LogP contribution < -0.4 is 9.68 Å². The molecular weight excluding hydrogens is 424 g/mol. The van der Waals surface area contributed by atoms with Gasteiger partial charge in [0, 0.05) is 11.1 Å². The van der Waals surface area contributed by atoms with E-state index in [1.54, 1.807) is 18.2 Å². The Morgan fingerprint density at radius 1 is 1.03 bits per heavy atom. The smallest absolute Gasteiger partial charge is 0.396 e. The largest absolute Gasteiger partial charge is 0.479 e. The standard InChI is InChI=1S/C23H17ClO5S/c24-17-8-6-16(7-9-17)15-4-1-14(2-5-15)3-11-19(22(25)26)28-18-10-12-21-20(13-18)29-23(27)30-21/h1-2,4-10,12-13,19H,3,11H2,(H,25,26). The van der Waals surface area contributed by atoms with Crippen LogP contribution in [0.3, 0.4) is 0 Å². The summed E-state index contributed by atoms with van der Waals surface area (Å²) in [5.74, 6) is -0.686. The molecular formula is C23H17ClO5S. The summed E-state index contributed by atoms with van der Waals surface area (Å²) in [6, 6.07) is 20.4. The van der Waals surface area contributed by atoms with E-state index < -0.39 is 17.0 Å². The fourth-order valence-corrected chi connectivity index (χ4v) is 3.90. The molecule has 0 bridgehead atoms. The average Bonchev–Trinajstić information content (AvgIpc) is 3.11. The van der Waals surface area contributed by atoms with E-state index in [2.05, 4.69) is 0 Å². The Morgan fingerprint density at radius 2 is 1.70 bits per heavy atom. The molecule has 0 aliphatic heterocycles. The average molecular weight is 441 g/mol. The number of fused-ring (bicyclic) bond motifs is 1. The Bertz CT molecular complexity index is 1230. The van der Waals surface area contributed by atoms with Crippen LogP contribution >= 0.6 is 22.9 Å². The molecule has 0 fully saturated rings. The third kappa shape index (κ3) is 4.72. The molecule has 3 aromatic carbocycles. The number of carboxylic acid groups (broad SMARTS) is 1. The Labute approximate surface area is 181 Å². The first-order valence-corrected chi connectivity index (χ1v) is 10.5. The molecule has 0 spiro atoms. The van der Waals surface area contributed by atoms with Gasteiger partial charge in [-0.25, -0.2) is 9.59 Å². The maximum Gasteiger partial charge on any atom is 0.396 e. The van der Waals surface area contributed by atoms with E-state index in [1.807, 2.05) is 48.5 Å². The predicted octanol–water partition coefficient (Wildman–Crippen LogP) is 5.64. The van der Waals surface area contributed by atoms with Crippen molar-refractivity contribution in [3.8, 4) is 16.9 Å². The molecule has 5 nitrogen and oxygen atoms in total. The first-order chi connectivity index (χ1) is 14.5. The SMILES string of the molecule is O=C(O)C(CCc1ccc(-c2ccc(Cl)cc2)cc1)Oc1ccc2sc(=O)oc2c1. The van der Waals surface area contributed by atoms with Crippen molar-refractivity contribution in [1.82, 2.24) is 0 Å². The maximum absolute atomic E-state index is 11.7. The van der Waals surface area contributed by atoms with E-state index >= 15 is 0 Å². The molecule has 1 atom stereocenters. The van der Waals surface area contributed by atoms with Crippen LogP contribution in [0.15, 0.2) is 75.9 Å². The molecule has 1 unspecified atom stereocenters. The summed E-state index contributed by atoms with van der Waals surface area (Å²) in [7, 11) is 0. The van der Waals surface area contributed by atoms with Crippen molar-refractivity contribution in [3.63, 3.8) is 0 Å². The molecule has 0 aliphatic rings. The van der Waals surface area contributed by atoms with Crippen LogP contribution in [0.1, 0.15) is 12.0 Å². The number of halogens is 1. The van der Waals surface area contributed by atoms with Crippen LogP contribution in [0, 0.1) is 0 Å². The van der Waals surface area contributed by atoms with Crippen LogP contribution in [0.25, 0.3) is 21.4 Å². The molecule has 0 saturated heterocycles. The molecule has 152 valence electrons. The number of ether oxygens (including phenoxy) is 1. The molecule has 4 aromatic rings. The number of carboxylic acids is 1. The number of aryl methyl sites for hydroxylation is 1. The molecule has 0 saturated carbocycles. The van der Waals surface area contributed by atoms with Crippen LogP contribution in [0.4, 0.5) is 0 Å². The highest BCUT2D eigenvalue weighted by Gasteiger charge is 2.20. The molecule has 1 N–H and O–H groups in total. The quantitative estimate of drug-likeness (QED) is 0.402. The number of rotatable bonds is 7. The van der Waals surface area contributed by atoms with E-state index in [-0.39, 0.29) is 0 Å². The lowest BCUT2D eigenvalue weighted by Crippen LogP contribution is -2.27. The minimum Gasteiger partial charge on any atom is -0.479 e. The van der Waals surface area contributed by atoms with Gasteiger partial charge in [0.25, 0.3) is 0 Å². The Balaban J connectivity index is 1.42. The fraction of sp³-hybridized carbons (Fsp3) is 0.130. The van der Waals surface area contributed by atoms with Crippen LogP contribution in [0.5, 0.6) is 5.75 Å². The van der Waals surface area contributed by atoms with Crippen LogP contribution in [-0.2, 0) is 11.2 Å². The van der Waals surface area contributed by atoms with Gasteiger partial charge in [0.1, 0.15) is 5.75 Å². The van der Waals surface area contributed by atoms with Crippen molar-refractivity contribution in [2.24, 2.45) is 0 Å². The van der Waals surface area contributed by atoms with Crippen molar-refractivity contribution in [2.45, 2.75) is 18.9 Å². The van der Waals surface area contributed by atoms with Gasteiger partial charge in [-0.1, -0.05) is 59.3 Å². The summed E-state index contributed by atoms with van der Waals surface area (Å²) in [5.41, 5.74) is 3.53. The van der Waals surface area contributed by atoms with Gasteiger partial charge in [0.15, 0.2) is 11.7 Å². The van der Waals surface area contributed by atoms with Gasteiger partial charge in [0.2, 0.25) is 0 Å². The molecule has 7 heteroatoms. The molecule has 4 rings (SSSR count). The lowest BCUT2D eigenvalue weighted by Gasteiger charge is -2.15. The number of hydrogen-bond acceptors (Lipinski definition) is 5. The second kappa shape index (κ2) is 8.73. The first kappa shape index (κ1) is 20.2. The van der Waals surface area contributed by atoms with E-state index in [9.17, 15) is 14.7 Å². The molecule has 0 radical (unpaired) electrons. The second-order valence-corrected chi connectivity index (χ2v) is 8.16. The van der Waals surface area contributed by atoms with Crippen molar-refractivity contribution in [3.05, 3.63) is 87.0 Å². The minimum atomic E-state index is -1.04. The zero-order valence-electron chi connectivity index (χ0n) is 15.7. The normalized spacial score (nSPS) is 12.0. The molecule has 1 aromatic heterocycles. The van der Waals surface area contributed by atoms with Gasteiger partial charge in [0.05, 0.1) is 4.70 Å². The second-order valence-electron chi connectivity index (χ2n) is 6.75. The highest BCUT2D eigenvalue weighted by Crippen LogP contribution is 2.25. The monoisotopic (exact) mass is 440 g/mol. The fourth-order valence-electron chi connectivity index (χ4n) is 3.13. The van der Waals surface area contributed by atoms with Crippen molar-refractivity contribution >= 4 is 39.2 Å². The van der Waals surface area contributed by atoms with Crippen molar-refractivity contribution in [2.75, 3.05) is 0 Å². The summed E-state index contributed by atoms with van der Waals surface area (Å²) in [6.45, 7) is 0. The Kier molecular flexibility index (Phi) is 5.88. The van der Waals surface area contributed by atoms with Gasteiger partial charge in [-0.15, -0.1) is 0 Å². The number of hydrogen-bond donors (Lipinski definition) is 1. The zero-order chi connectivity index (χ0) is 21.1. The van der Waals surface area contributed by atoms with Gasteiger partial charge >= 0.3 is 10.9 Å². The highest BCUT2D eigenvalue weighted by atomic mass is 35.5. The molecule has 1 heterocycles. The lowest BCUT2D eigenvalue weighted by molar-refractivity contribution is -0.145. The van der Waals surface area contributed by atoms with E-state index in [0.29, 0.717) is 33.9 Å². The summed E-state index contributed by atoms with van der Waals surface area (Å²) >= 11 is 6.92. The number of carbonyl (C=O) groups is 1. The molecule has 0 aliphatic carbocycles. The van der Waals surface area contributed by atoms with Crippen molar-refractivity contribution < 1.29 is 19.1 Å². The van der Waals surface area contributed by atoms with Crippen LogP contribution in [0.2, 0.25) is 5.02 Å². The third-order valence-electron chi connectivity index (χ3n) is 4.68. The topological polar surface area (TPSA) is 76.7 Å². The maximum atomic E-state index is 11.7. The van der Waals surface area contributed by atoms with Crippen LogP contribution in [-0.4, -0.2) is 17.2 Å². The van der Waals surface area contributed by atoms with Gasteiger partial charge in [-0.05, 0) is 53.8 Å². The third-order valence-corrected chi connectivity index (χ3v) is 5.74. The minimum absolute atomic E-state index is 0.307. The number of benzene rings is 3. The van der Waals surface area contributed by atoms with Gasteiger partial charge < -0.3 is 14.3 Å². The summed E-state index contributed by atoms with van der Waals surface area (Å²) in [4.78, 5) is 22.6. The van der Waals surface area contributed by atoms with E-state index in [0.717, 1.165) is 28.0 Å². The zero-order valence-corrected chi connectivity index (χ0v) is 17.3. The molecule has 30 heavy (non-hydrogen) atoms.